The minimum atomic E-state index is -0.537. The van der Waals surface area contributed by atoms with Crippen molar-refractivity contribution >= 4 is 17.5 Å². The first-order valence-electron chi connectivity index (χ1n) is 6.88. The van der Waals surface area contributed by atoms with E-state index in [1.54, 1.807) is 0 Å². The molecule has 0 atom stereocenters. The van der Waals surface area contributed by atoms with Crippen molar-refractivity contribution < 1.29 is 9.18 Å². The number of halogens is 2. The molecule has 19 heavy (non-hydrogen) atoms. The number of unbranched alkanes of at least 4 members (excludes halogenated alkanes) is 5. The number of hydrogen-bond acceptors (Lipinski definition) is 1. The lowest BCUT2D eigenvalue weighted by Crippen LogP contribution is -2.25. The van der Waals surface area contributed by atoms with Crippen molar-refractivity contribution in [3.05, 3.63) is 34.6 Å². The zero-order chi connectivity index (χ0) is 14.1. The van der Waals surface area contributed by atoms with Crippen LogP contribution < -0.4 is 5.32 Å². The summed E-state index contributed by atoms with van der Waals surface area (Å²) in [4.78, 5) is 11.7. The van der Waals surface area contributed by atoms with Crippen LogP contribution >= 0.6 is 11.6 Å². The quantitative estimate of drug-likeness (QED) is 0.697. The van der Waals surface area contributed by atoms with Crippen LogP contribution in [0, 0.1) is 5.82 Å². The fraction of sp³-hybridized carbons (Fsp3) is 0.533. The number of benzene rings is 1. The largest absolute Gasteiger partial charge is 0.352 e. The zero-order valence-corrected chi connectivity index (χ0v) is 12.1. The molecule has 0 heterocycles. The molecule has 0 fully saturated rings. The molecule has 0 bridgehead atoms. The van der Waals surface area contributed by atoms with E-state index in [4.69, 9.17) is 11.6 Å². The Labute approximate surface area is 119 Å². The number of carbonyl (C=O) groups excluding carboxylic acids is 1. The van der Waals surface area contributed by atoms with Crippen LogP contribution in [0.5, 0.6) is 0 Å². The van der Waals surface area contributed by atoms with E-state index in [0.29, 0.717) is 11.6 Å². The van der Waals surface area contributed by atoms with Crippen molar-refractivity contribution in [3.8, 4) is 0 Å². The van der Waals surface area contributed by atoms with Gasteiger partial charge in [0.2, 0.25) is 0 Å². The highest BCUT2D eigenvalue weighted by Gasteiger charge is 2.11. The van der Waals surface area contributed by atoms with Crippen LogP contribution in [0.2, 0.25) is 5.02 Å². The average Bonchev–Trinajstić information content (AvgIpc) is 2.40. The number of rotatable bonds is 8. The van der Waals surface area contributed by atoms with E-state index < -0.39 is 11.7 Å². The van der Waals surface area contributed by atoms with Crippen LogP contribution in [0.4, 0.5) is 4.39 Å². The Morgan fingerprint density at radius 3 is 2.63 bits per heavy atom. The molecule has 1 N–H and O–H groups in total. The Morgan fingerprint density at radius 2 is 1.89 bits per heavy atom. The minimum Gasteiger partial charge on any atom is -0.352 e. The Hall–Kier alpha value is -1.09. The first-order chi connectivity index (χ1) is 9.15. The molecule has 0 aliphatic heterocycles. The summed E-state index contributed by atoms with van der Waals surface area (Å²) in [5, 5.41) is 3.09. The lowest BCUT2D eigenvalue weighted by molar-refractivity contribution is 0.0949. The third-order valence-corrected chi connectivity index (χ3v) is 3.22. The van der Waals surface area contributed by atoms with Gasteiger partial charge < -0.3 is 5.32 Å². The Morgan fingerprint density at radius 1 is 1.21 bits per heavy atom. The summed E-state index contributed by atoms with van der Waals surface area (Å²) in [6.45, 7) is 2.76. The van der Waals surface area contributed by atoms with Crippen LogP contribution in [0.1, 0.15) is 55.8 Å². The minimum absolute atomic E-state index is 0.0125. The number of amides is 1. The van der Waals surface area contributed by atoms with Crippen LogP contribution in [-0.2, 0) is 0 Å². The SMILES string of the molecule is CCCCCCCCNC(=O)c1cc(Cl)ccc1F. The third-order valence-electron chi connectivity index (χ3n) is 2.99. The lowest BCUT2D eigenvalue weighted by Gasteiger charge is -2.06. The van der Waals surface area contributed by atoms with Crippen molar-refractivity contribution in [2.24, 2.45) is 0 Å². The van der Waals surface area contributed by atoms with Gasteiger partial charge in [-0.2, -0.15) is 0 Å². The first kappa shape index (κ1) is 16.0. The third kappa shape index (κ3) is 6.06. The van der Waals surface area contributed by atoms with Crippen molar-refractivity contribution in [2.45, 2.75) is 45.4 Å². The molecule has 0 aromatic heterocycles. The van der Waals surface area contributed by atoms with E-state index in [2.05, 4.69) is 12.2 Å². The molecule has 1 amide bonds. The van der Waals surface area contributed by atoms with Crippen LogP contribution in [-0.4, -0.2) is 12.5 Å². The molecule has 0 saturated heterocycles. The molecule has 4 heteroatoms. The van der Waals surface area contributed by atoms with Gasteiger partial charge in [0.05, 0.1) is 5.56 Å². The molecular formula is C15H21ClFNO. The second-order valence-corrected chi connectivity index (χ2v) is 5.08. The topological polar surface area (TPSA) is 29.1 Å². The van der Waals surface area contributed by atoms with E-state index in [1.165, 1.54) is 43.9 Å². The van der Waals surface area contributed by atoms with Crippen molar-refractivity contribution in [1.29, 1.82) is 0 Å². The van der Waals surface area contributed by atoms with Crippen molar-refractivity contribution in [2.75, 3.05) is 6.54 Å². The summed E-state index contributed by atoms with van der Waals surface area (Å²) >= 11 is 5.75. The van der Waals surface area contributed by atoms with Gasteiger partial charge in [-0.1, -0.05) is 50.6 Å². The van der Waals surface area contributed by atoms with Gasteiger partial charge in [0.1, 0.15) is 5.82 Å². The van der Waals surface area contributed by atoms with Gasteiger partial charge in [0, 0.05) is 11.6 Å². The molecule has 1 aromatic rings. The van der Waals surface area contributed by atoms with Crippen LogP contribution in [0.3, 0.4) is 0 Å². The van der Waals surface area contributed by atoms with Gasteiger partial charge in [0.15, 0.2) is 0 Å². The average molecular weight is 286 g/mol. The van der Waals surface area contributed by atoms with Crippen molar-refractivity contribution in [3.63, 3.8) is 0 Å². The normalized spacial score (nSPS) is 10.5. The molecule has 1 rings (SSSR count). The Balaban J connectivity index is 2.26. The van der Waals surface area contributed by atoms with Crippen LogP contribution in [0.25, 0.3) is 0 Å². The molecule has 0 aliphatic rings. The molecule has 0 saturated carbocycles. The smallest absolute Gasteiger partial charge is 0.254 e. The second-order valence-electron chi connectivity index (χ2n) is 4.65. The Bertz CT molecular complexity index is 409. The predicted octanol–water partition coefficient (Wildman–Crippen LogP) is 4.57. The summed E-state index contributed by atoms with van der Waals surface area (Å²) in [6, 6.07) is 4.00. The molecule has 0 unspecified atom stereocenters. The standard InChI is InChI=1S/C15H21ClFNO/c1-2-3-4-5-6-7-10-18-15(19)13-11-12(16)8-9-14(13)17/h8-9,11H,2-7,10H2,1H3,(H,18,19). The van der Waals surface area contributed by atoms with Gasteiger partial charge in [-0.3, -0.25) is 4.79 Å². The van der Waals surface area contributed by atoms with E-state index in [0.717, 1.165) is 12.8 Å². The van der Waals surface area contributed by atoms with Crippen molar-refractivity contribution in [1.82, 2.24) is 5.32 Å². The summed E-state index contributed by atoms with van der Waals surface area (Å²) in [6.07, 6.45) is 6.95. The molecule has 0 radical (unpaired) electrons. The predicted molar refractivity (Wildman–Crippen MR) is 77.1 cm³/mol. The summed E-state index contributed by atoms with van der Waals surface area (Å²) in [5.41, 5.74) is 0.0125. The summed E-state index contributed by atoms with van der Waals surface area (Å²) in [7, 11) is 0. The van der Waals surface area contributed by atoms with E-state index in [-0.39, 0.29) is 5.56 Å². The van der Waals surface area contributed by atoms with Gasteiger partial charge in [-0.05, 0) is 24.6 Å². The van der Waals surface area contributed by atoms with E-state index in [1.807, 2.05) is 0 Å². The summed E-state index contributed by atoms with van der Waals surface area (Å²) in [5.74, 6) is -0.932. The van der Waals surface area contributed by atoms with E-state index in [9.17, 15) is 9.18 Å². The molecule has 0 spiro atoms. The fourth-order valence-corrected chi connectivity index (χ4v) is 2.05. The summed E-state index contributed by atoms with van der Waals surface area (Å²) < 4.78 is 13.4. The maximum absolute atomic E-state index is 13.4. The highest BCUT2D eigenvalue weighted by Crippen LogP contribution is 2.14. The molecular weight excluding hydrogens is 265 g/mol. The Kier molecular flexibility index (Phi) is 7.49. The van der Waals surface area contributed by atoms with E-state index >= 15 is 0 Å². The van der Waals surface area contributed by atoms with Gasteiger partial charge >= 0.3 is 0 Å². The molecule has 1 aromatic carbocycles. The number of nitrogens with one attached hydrogen (secondary N) is 1. The molecule has 0 aliphatic carbocycles. The highest BCUT2D eigenvalue weighted by molar-refractivity contribution is 6.30. The van der Waals surface area contributed by atoms with Crippen LogP contribution in [0.15, 0.2) is 18.2 Å². The molecule has 106 valence electrons. The monoisotopic (exact) mass is 285 g/mol. The fourth-order valence-electron chi connectivity index (χ4n) is 1.87. The van der Waals surface area contributed by atoms with Gasteiger partial charge in [-0.25, -0.2) is 4.39 Å². The number of hydrogen-bond donors (Lipinski definition) is 1. The first-order valence-corrected chi connectivity index (χ1v) is 7.26. The molecule has 2 nitrogen and oxygen atoms in total. The zero-order valence-electron chi connectivity index (χ0n) is 11.3. The number of carbonyl (C=O) groups is 1. The maximum Gasteiger partial charge on any atom is 0.254 e. The van der Waals surface area contributed by atoms with Gasteiger partial charge in [0.25, 0.3) is 5.91 Å². The van der Waals surface area contributed by atoms with Gasteiger partial charge in [-0.15, -0.1) is 0 Å². The highest BCUT2D eigenvalue weighted by atomic mass is 35.5. The second kappa shape index (κ2) is 8.92. The maximum atomic E-state index is 13.4. The lowest BCUT2D eigenvalue weighted by atomic mass is 10.1.